The van der Waals surface area contributed by atoms with Crippen LogP contribution in [0.1, 0.15) is 19.4 Å². The van der Waals surface area contributed by atoms with E-state index in [1.54, 1.807) is 0 Å². The first kappa shape index (κ1) is 20.7. The molecule has 1 fully saturated rings. The maximum Gasteiger partial charge on any atom is 0.225 e. The van der Waals surface area contributed by atoms with Gasteiger partial charge in [-0.1, -0.05) is 49.2 Å². The summed E-state index contributed by atoms with van der Waals surface area (Å²) < 4.78 is 2.03. The van der Waals surface area contributed by atoms with Crippen molar-refractivity contribution >= 4 is 40.0 Å². The van der Waals surface area contributed by atoms with Gasteiger partial charge in [0.1, 0.15) is 0 Å². The predicted molar refractivity (Wildman–Crippen MR) is 127 cm³/mol. The van der Waals surface area contributed by atoms with Gasteiger partial charge in [-0.15, -0.1) is 10.2 Å². The van der Waals surface area contributed by atoms with Gasteiger partial charge in [0.15, 0.2) is 11.5 Å². The highest BCUT2D eigenvalue weighted by molar-refractivity contribution is 6.31. The molecule has 0 saturated carbocycles. The van der Waals surface area contributed by atoms with Gasteiger partial charge in [-0.3, -0.25) is 4.79 Å². The Morgan fingerprint density at radius 2 is 1.81 bits per heavy atom. The number of fused-ring (bicyclic) bond motifs is 3. The lowest BCUT2D eigenvalue weighted by atomic mass is 10.1. The van der Waals surface area contributed by atoms with E-state index < -0.39 is 0 Å². The first-order valence-corrected chi connectivity index (χ1v) is 11.3. The van der Waals surface area contributed by atoms with Gasteiger partial charge in [-0.2, -0.15) is 0 Å². The van der Waals surface area contributed by atoms with Crippen LogP contribution in [0.2, 0.25) is 5.02 Å². The smallest absolute Gasteiger partial charge is 0.225 e. The molecule has 1 amide bonds. The molecule has 0 radical (unpaired) electrons. The summed E-state index contributed by atoms with van der Waals surface area (Å²) in [6.45, 7) is 8.66. The van der Waals surface area contributed by atoms with Gasteiger partial charge < -0.3 is 9.80 Å². The summed E-state index contributed by atoms with van der Waals surface area (Å²) in [5.41, 5.74) is 3.67. The van der Waals surface area contributed by atoms with Crippen LogP contribution in [0.5, 0.6) is 0 Å². The minimum absolute atomic E-state index is 0.0000331. The minimum atomic E-state index is -0.0000331. The van der Waals surface area contributed by atoms with Gasteiger partial charge in [0.2, 0.25) is 11.9 Å². The fourth-order valence-corrected chi connectivity index (χ4v) is 4.43. The Morgan fingerprint density at radius 3 is 2.53 bits per heavy atom. The number of piperazine rings is 1. The molecule has 0 bridgehead atoms. The molecule has 164 valence electrons. The molecule has 1 aliphatic heterocycles. The number of aryl methyl sites for hydroxylation is 1. The lowest BCUT2D eigenvalue weighted by Gasteiger charge is -2.36. The van der Waals surface area contributed by atoms with E-state index in [1.165, 1.54) is 0 Å². The Hall–Kier alpha value is -3.19. The maximum atomic E-state index is 12.4. The van der Waals surface area contributed by atoms with Crippen LogP contribution in [0.15, 0.2) is 42.5 Å². The van der Waals surface area contributed by atoms with Crippen LogP contribution in [0.25, 0.3) is 27.9 Å². The third-order valence-corrected chi connectivity index (χ3v) is 6.16. The van der Waals surface area contributed by atoms with Crippen molar-refractivity contribution in [3.8, 4) is 11.4 Å². The monoisotopic (exact) mass is 448 g/mol. The first-order chi connectivity index (χ1) is 15.4. The van der Waals surface area contributed by atoms with Crippen LogP contribution in [0.4, 0.5) is 5.95 Å². The average Bonchev–Trinajstić information content (AvgIpc) is 3.23. The third kappa shape index (κ3) is 3.56. The zero-order valence-corrected chi connectivity index (χ0v) is 19.2. The van der Waals surface area contributed by atoms with E-state index in [0.717, 1.165) is 39.4 Å². The number of nitrogens with zero attached hydrogens (tertiary/aromatic N) is 6. The molecule has 32 heavy (non-hydrogen) atoms. The van der Waals surface area contributed by atoms with Crippen LogP contribution in [-0.2, 0) is 4.79 Å². The largest absolute Gasteiger partial charge is 0.339 e. The van der Waals surface area contributed by atoms with Crippen molar-refractivity contribution in [1.82, 2.24) is 24.5 Å². The quantitative estimate of drug-likeness (QED) is 0.469. The van der Waals surface area contributed by atoms with Gasteiger partial charge in [0.25, 0.3) is 0 Å². The Balaban J connectivity index is 1.65. The Labute approximate surface area is 191 Å². The van der Waals surface area contributed by atoms with Crippen LogP contribution in [0.3, 0.4) is 0 Å². The molecule has 0 atom stereocenters. The van der Waals surface area contributed by atoms with Crippen molar-refractivity contribution < 1.29 is 4.79 Å². The average molecular weight is 449 g/mol. The van der Waals surface area contributed by atoms with Crippen molar-refractivity contribution in [2.45, 2.75) is 20.8 Å². The molecule has 5 rings (SSSR count). The highest BCUT2D eigenvalue weighted by Gasteiger charge is 2.27. The number of rotatable bonds is 3. The summed E-state index contributed by atoms with van der Waals surface area (Å²) in [5.74, 6) is 1.72. The Bertz CT molecular complexity index is 1320. The summed E-state index contributed by atoms with van der Waals surface area (Å²) >= 11 is 6.27. The fraction of sp³-hybridized carbons (Fsp3) is 0.333. The number of hydrogen-bond acceptors (Lipinski definition) is 5. The highest BCUT2D eigenvalue weighted by atomic mass is 35.5. The molecule has 0 N–H and O–H groups in total. The molecule has 0 aliphatic carbocycles. The van der Waals surface area contributed by atoms with Gasteiger partial charge in [-0.25, -0.2) is 9.38 Å². The molecule has 1 aliphatic rings. The summed E-state index contributed by atoms with van der Waals surface area (Å²) in [6.07, 6.45) is 0. The zero-order chi connectivity index (χ0) is 22.4. The number of hydrogen-bond donors (Lipinski definition) is 0. The van der Waals surface area contributed by atoms with Crippen molar-refractivity contribution in [2.24, 2.45) is 5.92 Å². The van der Waals surface area contributed by atoms with Gasteiger partial charge in [0.05, 0.1) is 5.52 Å². The molecule has 2 aromatic heterocycles. The number of aromatic nitrogens is 4. The Kier molecular flexibility index (Phi) is 5.21. The van der Waals surface area contributed by atoms with Gasteiger partial charge in [-0.05, 0) is 31.2 Å². The van der Waals surface area contributed by atoms with E-state index in [-0.39, 0.29) is 11.8 Å². The lowest BCUT2D eigenvalue weighted by Crippen LogP contribution is -2.50. The summed E-state index contributed by atoms with van der Waals surface area (Å²) in [5, 5.41) is 10.6. The lowest BCUT2D eigenvalue weighted by molar-refractivity contribution is -0.134. The molecule has 0 unspecified atom stereocenters. The number of benzene rings is 2. The standard InChI is InChI=1S/C24H25ClN6O/c1-15(2)23(32)29-9-11-30(12-10-29)24-26-20-14-18(25)7-8-19(20)22-28-27-21(31(22)24)17-6-4-5-16(3)13-17/h4-8,13-15H,9-12H2,1-3H3. The van der Waals surface area contributed by atoms with E-state index in [9.17, 15) is 4.79 Å². The van der Waals surface area contributed by atoms with Gasteiger partial charge >= 0.3 is 0 Å². The molecule has 4 aromatic rings. The maximum absolute atomic E-state index is 12.4. The number of carbonyl (C=O) groups is 1. The molecular weight excluding hydrogens is 424 g/mol. The molecule has 1 saturated heterocycles. The van der Waals surface area contributed by atoms with E-state index in [2.05, 4.69) is 34.2 Å². The topological polar surface area (TPSA) is 66.6 Å². The van der Waals surface area contributed by atoms with Crippen molar-refractivity contribution in [1.29, 1.82) is 0 Å². The minimum Gasteiger partial charge on any atom is -0.339 e. The third-order valence-electron chi connectivity index (χ3n) is 5.93. The van der Waals surface area contributed by atoms with Crippen LogP contribution in [0, 0.1) is 12.8 Å². The van der Waals surface area contributed by atoms with Crippen molar-refractivity contribution in [3.05, 3.63) is 53.1 Å². The van der Waals surface area contributed by atoms with E-state index in [0.29, 0.717) is 31.2 Å². The zero-order valence-electron chi connectivity index (χ0n) is 18.4. The first-order valence-electron chi connectivity index (χ1n) is 10.9. The summed E-state index contributed by atoms with van der Waals surface area (Å²) in [6, 6.07) is 13.9. The summed E-state index contributed by atoms with van der Waals surface area (Å²) in [4.78, 5) is 21.6. The van der Waals surface area contributed by atoms with E-state index >= 15 is 0 Å². The molecule has 2 aromatic carbocycles. The summed E-state index contributed by atoms with van der Waals surface area (Å²) in [7, 11) is 0. The van der Waals surface area contributed by atoms with Crippen LogP contribution < -0.4 is 4.90 Å². The second-order valence-electron chi connectivity index (χ2n) is 8.59. The van der Waals surface area contributed by atoms with Gasteiger partial charge in [0, 0.05) is 48.1 Å². The number of halogens is 1. The molecule has 8 heteroatoms. The van der Waals surface area contributed by atoms with Crippen LogP contribution in [-0.4, -0.2) is 56.6 Å². The molecule has 3 heterocycles. The Morgan fingerprint density at radius 1 is 1.03 bits per heavy atom. The van der Waals surface area contributed by atoms with Crippen molar-refractivity contribution in [3.63, 3.8) is 0 Å². The van der Waals surface area contributed by atoms with Crippen molar-refractivity contribution in [2.75, 3.05) is 31.1 Å². The van der Waals surface area contributed by atoms with E-state index in [4.69, 9.17) is 16.6 Å². The molecule has 0 spiro atoms. The fourth-order valence-electron chi connectivity index (χ4n) is 4.27. The second kappa shape index (κ2) is 8.06. The van der Waals surface area contributed by atoms with Crippen LogP contribution >= 0.6 is 11.6 Å². The SMILES string of the molecule is Cc1cccc(-c2nnc3c4ccc(Cl)cc4nc(N4CCN(C(=O)C(C)C)CC4)n23)c1. The second-order valence-corrected chi connectivity index (χ2v) is 9.03. The highest BCUT2D eigenvalue weighted by Crippen LogP contribution is 2.30. The number of carbonyl (C=O) groups excluding carboxylic acids is 1. The predicted octanol–water partition coefficient (Wildman–Crippen LogP) is 4.21. The normalized spacial score (nSPS) is 14.7. The number of anilines is 1. The molecular formula is C24H25ClN6O. The number of amides is 1. The van der Waals surface area contributed by atoms with E-state index in [1.807, 2.05) is 53.5 Å². The molecule has 7 nitrogen and oxygen atoms in total.